The Hall–Kier alpha value is -2.69. The number of amides is 2. The van der Waals surface area contributed by atoms with Crippen molar-refractivity contribution in [3.05, 3.63) is 54.4 Å². The molecule has 5 heteroatoms. The predicted octanol–water partition coefficient (Wildman–Crippen LogP) is 4.49. The number of anilines is 2. The smallest absolute Gasteiger partial charge is 0.255 e. The molecule has 1 heterocycles. The Kier molecular flexibility index (Phi) is 4.18. The van der Waals surface area contributed by atoms with Crippen LogP contribution in [0.2, 0.25) is 0 Å². The molecule has 2 amide bonds. The lowest BCUT2D eigenvalue weighted by molar-refractivity contribution is -0.140. The molecule has 2 N–H and O–H groups in total. The van der Waals surface area contributed by atoms with Gasteiger partial charge in [0.25, 0.3) is 5.91 Å². The molecule has 0 spiro atoms. The molecule has 2 aromatic rings. The summed E-state index contributed by atoms with van der Waals surface area (Å²) >= 11 is 0. The Morgan fingerprint density at radius 3 is 2.14 bits per heavy atom. The minimum Gasteiger partial charge on any atom is -0.326 e. The van der Waals surface area contributed by atoms with E-state index in [9.17, 15) is 9.59 Å². The van der Waals surface area contributed by atoms with Gasteiger partial charge in [0.2, 0.25) is 5.91 Å². The van der Waals surface area contributed by atoms with Crippen LogP contribution in [0.15, 0.2) is 48.8 Å². The zero-order valence-corrected chi connectivity index (χ0v) is 15.9. The van der Waals surface area contributed by atoms with Gasteiger partial charge in [-0.05, 0) is 86.6 Å². The van der Waals surface area contributed by atoms with Gasteiger partial charge in [0, 0.05) is 29.3 Å². The molecule has 0 aliphatic heterocycles. The number of benzene rings is 1. The first kappa shape index (κ1) is 17.4. The van der Waals surface area contributed by atoms with Gasteiger partial charge in [-0.15, -0.1) is 0 Å². The second kappa shape index (κ2) is 6.73. The lowest BCUT2D eigenvalue weighted by Gasteiger charge is -2.55. The molecule has 4 fully saturated rings. The molecule has 1 aromatic carbocycles. The van der Waals surface area contributed by atoms with Crippen LogP contribution in [0.5, 0.6) is 0 Å². The third kappa shape index (κ3) is 3.19. The Morgan fingerprint density at radius 2 is 1.50 bits per heavy atom. The van der Waals surface area contributed by atoms with Crippen LogP contribution < -0.4 is 10.6 Å². The molecule has 0 radical (unpaired) electrons. The number of carbonyl (C=O) groups excluding carboxylic acids is 2. The fraction of sp³-hybridized carbons (Fsp3) is 0.435. The van der Waals surface area contributed by atoms with Gasteiger partial charge in [0.15, 0.2) is 0 Å². The molecule has 144 valence electrons. The number of carbonyl (C=O) groups is 2. The van der Waals surface area contributed by atoms with Crippen molar-refractivity contribution in [1.29, 1.82) is 0 Å². The molecule has 0 saturated heterocycles. The van der Waals surface area contributed by atoms with Crippen molar-refractivity contribution >= 4 is 23.2 Å². The van der Waals surface area contributed by atoms with E-state index >= 15 is 0 Å². The van der Waals surface area contributed by atoms with Gasteiger partial charge in [-0.1, -0.05) is 6.07 Å². The molecule has 6 rings (SSSR count). The zero-order valence-electron chi connectivity index (χ0n) is 15.9. The van der Waals surface area contributed by atoms with Crippen molar-refractivity contribution in [3.8, 4) is 0 Å². The molecule has 4 aliphatic carbocycles. The van der Waals surface area contributed by atoms with Gasteiger partial charge in [-0.3, -0.25) is 14.6 Å². The molecule has 28 heavy (non-hydrogen) atoms. The fourth-order valence-corrected chi connectivity index (χ4v) is 6.03. The third-order valence-corrected chi connectivity index (χ3v) is 6.84. The van der Waals surface area contributed by atoms with Crippen LogP contribution in [0.25, 0.3) is 0 Å². The SMILES string of the molecule is O=C(Nc1ccncc1)c1cccc(NC(=O)C23CC4CC(CC(C4)C2)C3)c1. The predicted molar refractivity (Wildman–Crippen MR) is 108 cm³/mol. The normalized spacial score (nSPS) is 30.1. The molecule has 4 bridgehead atoms. The average Bonchev–Trinajstić information content (AvgIpc) is 2.68. The van der Waals surface area contributed by atoms with Crippen LogP contribution in [0.4, 0.5) is 11.4 Å². The molecule has 4 aliphatic rings. The van der Waals surface area contributed by atoms with Crippen molar-refractivity contribution in [1.82, 2.24) is 4.98 Å². The maximum absolute atomic E-state index is 13.2. The second-order valence-electron chi connectivity index (χ2n) is 8.92. The second-order valence-corrected chi connectivity index (χ2v) is 8.92. The van der Waals surface area contributed by atoms with Crippen LogP contribution >= 0.6 is 0 Å². The highest BCUT2D eigenvalue weighted by atomic mass is 16.2. The van der Waals surface area contributed by atoms with Crippen LogP contribution in [0.3, 0.4) is 0 Å². The summed E-state index contributed by atoms with van der Waals surface area (Å²) in [6.45, 7) is 0. The van der Waals surface area contributed by atoms with E-state index in [2.05, 4.69) is 15.6 Å². The van der Waals surface area contributed by atoms with E-state index in [1.165, 1.54) is 19.3 Å². The third-order valence-electron chi connectivity index (χ3n) is 6.84. The van der Waals surface area contributed by atoms with Crippen LogP contribution in [0.1, 0.15) is 48.9 Å². The molecular formula is C23H25N3O2. The van der Waals surface area contributed by atoms with Gasteiger partial charge in [-0.25, -0.2) is 0 Å². The van der Waals surface area contributed by atoms with Crippen molar-refractivity contribution < 1.29 is 9.59 Å². The van der Waals surface area contributed by atoms with E-state index in [0.29, 0.717) is 16.9 Å². The van der Waals surface area contributed by atoms with E-state index < -0.39 is 0 Å². The van der Waals surface area contributed by atoms with Gasteiger partial charge in [-0.2, -0.15) is 0 Å². The summed E-state index contributed by atoms with van der Waals surface area (Å²) in [5.41, 5.74) is 1.73. The summed E-state index contributed by atoms with van der Waals surface area (Å²) in [5, 5.41) is 5.98. The Morgan fingerprint density at radius 1 is 0.857 bits per heavy atom. The number of pyridine rings is 1. The van der Waals surface area contributed by atoms with Crippen molar-refractivity contribution in [2.24, 2.45) is 23.2 Å². The number of nitrogens with one attached hydrogen (secondary N) is 2. The minimum atomic E-state index is -0.197. The number of hydrogen-bond acceptors (Lipinski definition) is 3. The minimum absolute atomic E-state index is 0.151. The highest BCUT2D eigenvalue weighted by molar-refractivity contribution is 6.05. The van der Waals surface area contributed by atoms with E-state index in [0.717, 1.165) is 37.0 Å². The Balaban J connectivity index is 1.30. The van der Waals surface area contributed by atoms with E-state index in [4.69, 9.17) is 0 Å². The van der Waals surface area contributed by atoms with Crippen LogP contribution in [-0.2, 0) is 4.79 Å². The number of rotatable bonds is 4. The maximum Gasteiger partial charge on any atom is 0.255 e. The van der Waals surface area contributed by atoms with Gasteiger partial charge in [0.1, 0.15) is 0 Å². The summed E-state index contributed by atoms with van der Waals surface area (Å²) in [4.78, 5) is 29.7. The van der Waals surface area contributed by atoms with Gasteiger partial charge < -0.3 is 10.6 Å². The van der Waals surface area contributed by atoms with E-state index in [1.54, 1.807) is 36.7 Å². The summed E-state index contributed by atoms with van der Waals surface area (Å²) in [6, 6.07) is 10.7. The average molecular weight is 375 g/mol. The molecule has 4 saturated carbocycles. The largest absolute Gasteiger partial charge is 0.326 e. The van der Waals surface area contributed by atoms with Crippen molar-refractivity contribution in [2.75, 3.05) is 10.6 Å². The summed E-state index contributed by atoms with van der Waals surface area (Å²) in [7, 11) is 0. The van der Waals surface area contributed by atoms with Gasteiger partial charge in [0.05, 0.1) is 5.41 Å². The molecule has 1 aromatic heterocycles. The quantitative estimate of drug-likeness (QED) is 0.827. The van der Waals surface area contributed by atoms with Gasteiger partial charge >= 0.3 is 0 Å². The number of hydrogen-bond donors (Lipinski definition) is 2. The summed E-state index contributed by atoms with van der Waals surface area (Å²) in [5.74, 6) is 2.15. The van der Waals surface area contributed by atoms with E-state index in [-0.39, 0.29) is 17.2 Å². The zero-order chi connectivity index (χ0) is 19.1. The Labute approximate surface area is 164 Å². The highest BCUT2D eigenvalue weighted by Crippen LogP contribution is 2.60. The monoisotopic (exact) mass is 375 g/mol. The molecule has 5 nitrogen and oxygen atoms in total. The number of nitrogens with zero attached hydrogens (tertiary/aromatic N) is 1. The first-order chi connectivity index (χ1) is 13.6. The summed E-state index contributed by atoms with van der Waals surface area (Å²) < 4.78 is 0. The molecule has 0 atom stereocenters. The Bertz CT molecular complexity index is 874. The first-order valence-corrected chi connectivity index (χ1v) is 10.2. The van der Waals surface area contributed by atoms with Crippen LogP contribution in [-0.4, -0.2) is 16.8 Å². The lowest BCUT2D eigenvalue weighted by Crippen LogP contribution is -2.51. The van der Waals surface area contributed by atoms with Crippen LogP contribution in [0, 0.1) is 23.2 Å². The maximum atomic E-state index is 13.2. The first-order valence-electron chi connectivity index (χ1n) is 10.2. The highest BCUT2D eigenvalue weighted by Gasteiger charge is 2.54. The topological polar surface area (TPSA) is 71.1 Å². The standard InChI is InChI=1S/C23H25N3O2/c27-21(25-19-4-6-24-7-5-19)18-2-1-3-20(11-18)26-22(28)23-12-15-8-16(13-23)10-17(9-15)14-23/h1-7,11,15-17H,8-10,12-14H2,(H,26,28)(H,24,25,27). The van der Waals surface area contributed by atoms with Crippen molar-refractivity contribution in [2.45, 2.75) is 38.5 Å². The summed E-state index contributed by atoms with van der Waals surface area (Å²) in [6.07, 6.45) is 10.3. The lowest BCUT2D eigenvalue weighted by atomic mass is 9.49. The fourth-order valence-electron chi connectivity index (χ4n) is 6.03. The number of aromatic nitrogens is 1. The van der Waals surface area contributed by atoms with Crippen molar-refractivity contribution in [3.63, 3.8) is 0 Å². The molecule has 0 unspecified atom stereocenters. The van der Waals surface area contributed by atoms with E-state index in [1.807, 2.05) is 12.1 Å². The molecular weight excluding hydrogens is 350 g/mol.